The second-order valence-electron chi connectivity index (χ2n) is 5.14. The van der Waals surface area contributed by atoms with Gasteiger partial charge in [-0.1, -0.05) is 41.7 Å². The standard InChI is InChI=1S/C17H15N3O3S2/c1-23-16(22)13-9-18-17(25-13)20-14(21)8-12-10-24-15(19-12)7-11-5-3-2-4-6-11/h2-6,9-10H,7-8H2,1H3,(H,18,20,21). The predicted molar refractivity (Wildman–Crippen MR) is 97.1 cm³/mol. The molecule has 3 rings (SSSR count). The minimum absolute atomic E-state index is 0.165. The average molecular weight is 373 g/mol. The molecule has 1 N–H and O–H groups in total. The van der Waals surface area contributed by atoms with Crippen LogP contribution in [0.2, 0.25) is 0 Å². The van der Waals surface area contributed by atoms with Gasteiger partial charge < -0.3 is 10.1 Å². The fraction of sp³-hybridized carbons (Fsp3) is 0.176. The summed E-state index contributed by atoms with van der Waals surface area (Å²) >= 11 is 2.61. The van der Waals surface area contributed by atoms with Gasteiger partial charge in [0.2, 0.25) is 5.91 Å². The van der Waals surface area contributed by atoms with Crippen LogP contribution in [0, 0.1) is 0 Å². The van der Waals surface area contributed by atoms with E-state index in [1.807, 2.05) is 23.6 Å². The molecule has 25 heavy (non-hydrogen) atoms. The fourth-order valence-corrected chi connectivity index (χ4v) is 3.72. The molecule has 1 aromatic carbocycles. The van der Waals surface area contributed by atoms with Crippen LogP contribution in [0.25, 0.3) is 0 Å². The quantitative estimate of drug-likeness (QED) is 0.671. The third-order valence-corrected chi connectivity index (χ3v) is 5.07. The van der Waals surface area contributed by atoms with Gasteiger partial charge in [0.15, 0.2) is 5.13 Å². The Labute approximate surface area is 152 Å². The van der Waals surface area contributed by atoms with Gasteiger partial charge >= 0.3 is 5.97 Å². The zero-order valence-corrected chi connectivity index (χ0v) is 15.0. The van der Waals surface area contributed by atoms with Crippen LogP contribution >= 0.6 is 22.7 Å². The van der Waals surface area contributed by atoms with E-state index in [-0.39, 0.29) is 12.3 Å². The number of ether oxygens (including phenoxy) is 1. The van der Waals surface area contributed by atoms with Gasteiger partial charge in [0.25, 0.3) is 0 Å². The van der Waals surface area contributed by atoms with Gasteiger partial charge in [-0.15, -0.1) is 11.3 Å². The molecule has 0 radical (unpaired) electrons. The van der Waals surface area contributed by atoms with Crippen molar-refractivity contribution in [3.05, 3.63) is 63.1 Å². The number of nitrogens with one attached hydrogen (secondary N) is 1. The number of nitrogens with zero attached hydrogens (tertiary/aromatic N) is 2. The smallest absolute Gasteiger partial charge is 0.349 e. The molecule has 0 saturated carbocycles. The lowest BCUT2D eigenvalue weighted by Gasteiger charge is -1.99. The van der Waals surface area contributed by atoms with Crippen LogP contribution < -0.4 is 5.32 Å². The second-order valence-corrected chi connectivity index (χ2v) is 7.11. The van der Waals surface area contributed by atoms with E-state index in [9.17, 15) is 9.59 Å². The first kappa shape index (κ1) is 17.2. The Morgan fingerprint density at radius 1 is 1.24 bits per heavy atom. The molecule has 0 fully saturated rings. The molecule has 0 aliphatic rings. The zero-order valence-electron chi connectivity index (χ0n) is 13.4. The highest BCUT2D eigenvalue weighted by Gasteiger charge is 2.13. The summed E-state index contributed by atoms with van der Waals surface area (Å²) in [5.41, 5.74) is 1.91. The SMILES string of the molecule is COC(=O)c1cnc(NC(=O)Cc2csc(Cc3ccccc3)n2)s1. The molecule has 0 saturated heterocycles. The number of methoxy groups -OCH3 is 1. The Morgan fingerprint density at radius 2 is 2.04 bits per heavy atom. The van der Waals surface area contributed by atoms with Crippen LogP contribution in [0.15, 0.2) is 41.9 Å². The van der Waals surface area contributed by atoms with Gasteiger partial charge in [0.1, 0.15) is 4.88 Å². The van der Waals surface area contributed by atoms with Crippen LogP contribution in [-0.4, -0.2) is 29.0 Å². The number of aromatic nitrogens is 2. The molecule has 8 heteroatoms. The van der Waals surface area contributed by atoms with Crippen molar-refractivity contribution in [3.8, 4) is 0 Å². The van der Waals surface area contributed by atoms with Crippen molar-refractivity contribution in [2.75, 3.05) is 12.4 Å². The Balaban J connectivity index is 1.56. The van der Waals surface area contributed by atoms with Gasteiger partial charge in [0, 0.05) is 11.8 Å². The first-order valence-electron chi connectivity index (χ1n) is 7.45. The number of carbonyl (C=O) groups excluding carboxylic acids is 2. The lowest BCUT2D eigenvalue weighted by atomic mass is 10.2. The number of esters is 1. The summed E-state index contributed by atoms with van der Waals surface area (Å²) in [4.78, 5) is 32.3. The largest absolute Gasteiger partial charge is 0.465 e. The molecule has 0 spiro atoms. The molecule has 0 atom stereocenters. The van der Waals surface area contributed by atoms with Gasteiger partial charge in [-0.25, -0.2) is 14.8 Å². The van der Waals surface area contributed by atoms with E-state index in [1.165, 1.54) is 30.2 Å². The molecule has 2 heterocycles. The Hall–Kier alpha value is -2.58. The van der Waals surface area contributed by atoms with Crippen LogP contribution in [0.3, 0.4) is 0 Å². The predicted octanol–water partition coefficient (Wildman–Crippen LogP) is 3.16. The first-order valence-corrected chi connectivity index (χ1v) is 9.15. The maximum Gasteiger partial charge on any atom is 0.349 e. The van der Waals surface area contributed by atoms with Crippen molar-refractivity contribution in [1.82, 2.24) is 9.97 Å². The zero-order chi connectivity index (χ0) is 17.6. The third kappa shape index (κ3) is 4.71. The number of benzene rings is 1. The van der Waals surface area contributed by atoms with E-state index in [4.69, 9.17) is 0 Å². The van der Waals surface area contributed by atoms with Crippen LogP contribution in [-0.2, 0) is 22.4 Å². The molecule has 128 valence electrons. The molecule has 3 aromatic rings. The van der Waals surface area contributed by atoms with E-state index in [2.05, 4.69) is 32.2 Å². The first-order chi connectivity index (χ1) is 12.1. The molecule has 1 amide bonds. The van der Waals surface area contributed by atoms with Crippen molar-refractivity contribution < 1.29 is 14.3 Å². The summed E-state index contributed by atoms with van der Waals surface area (Å²) in [6.45, 7) is 0. The number of hydrogen-bond acceptors (Lipinski definition) is 7. The van der Waals surface area contributed by atoms with Crippen molar-refractivity contribution >= 4 is 39.7 Å². The Bertz CT molecular complexity index is 874. The van der Waals surface area contributed by atoms with Gasteiger partial charge in [0.05, 0.1) is 30.4 Å². The summed E-state index contributed by atoms with van der Waals surface area (Å²) < 4.78 is 4.61. The Morgan fingerprint density at radius 3 is 2.80 bits per heavy atom. The molecule has 6 nitrogen and oxygen atoms in total. The summed E-state index contributed by atoms with van der Waals surface area (Å²) in [5, 5.41) is 5.90. The Kier molecular flexibility index (Phi) is 5.52. The number of anilines is 1. The maximum atomic E-state index is 12.1. The minimum Gasteiger partial charge on any atom is -0.465 e. The fourth-order valence-electron chi connectivity index (χ4n) is 2.14. The van der Waals surface area contributed by atoms with Crippen molar-refractivity contribution in [2.24, 2.45) is 0 Å². The summed E-state index contributed by atoms with van der Waals surface area (Å²) in [7, 11) is 1.30. The highest BCUT2D eigenvalue weighted by molar-refractivity contribution is 7.17. The average Bonchev–Trinajstić information content (AvgIpc) is 3.25. The van der Waals surface area contributed by atoms with Gasteiger partial charge in [-0.2, -0.15) is 0 Å². The maximum absolute atomic E-state index is 12.1. The molecule has 2 aromatic heterocycles. The van der Waals surface area contributed by atoms with Crippen molar-refractivity contribution in [1.29, 1.82) is 0 Å². The van der Waals surface area contributed by atoms with Gasteiger partial charge in [-0.05, 0) is 5.56 Å². The lowest BCUT2D eigenvalue weighted by Crippen LogP contribution is -2.14. The monoisotopic (exact) mass is 373 g/mol. The van der Waals surface area contributed by atoms with Crippen LogP contribution in [0.5, 0.6) is 0 Å². The number of carbonyl (C=O) groups is 2. The number of rotatable bonds is 6. The van der Waals surface area contributed by atoms with Crippen molar-refractivity contribution in [3.63, 3.8) is 0 Å². The van der Waals surface area contributed by atoms with E-state index in [0.29, 0.717) is 10.0 Å². The van der Waals surface area contributed by atoms with Crippen LogP contribution in [0.1, 0.15) is 25.9 Å². The number of amides is 1. The summed E-state index contributed by atoms with van der Waals surface area (Å²) in [6.07, 6.45) is 2.30. The van der Waals surface area contributed by atoms with Crippen molar-refractivity contribution in [2.45, 2.75) is 12.8 Å². The molecule has 0 aliphatic carbocycles. The highest BCUT2D eigenvalue weighted by Crippen LogP contribution is 2.20. The van der Waals surface area contributed by atoms with E-state index < -0.39 is 5.97 Å². The number of hydrogen-bond donors (Lipinski definition) is 1. The topological polar surface area (TPSA) is 81.2 Å². The molecular formula is C17H15N3O3S2. The van der Waals surface area contributed by atoms with E-state index >= 15 is 0 Å². The molecule has 0 aliphatic heterocycles. The summed E-state index contributed by atoms with van der Waals surface area (Å²) in [5.74, 6) is -0.689. The molecule has 0 unspecified atom stereocenters. The van der Waals surface area contributed by atoms with E-state index in [1.54, 1.807) is 0 Å². The minimum atomic E-state index is -0.469. The summed E-state index contributed by atoms with van der Waals surface area (Å²) in [6, 6.07) is 10.1. The van der Waals surface area contributed by atoms with Crippen LogP contribution in [0.4, 0.5) is 5.13 Å². The normalized spacial score (nSPS) is 10.4. The van der Waals surface area contributed by atoms with E-state index in [0.717, 1.165) is 28.5 Å². The lowest BCUT2D eigenvalue weighted by molar-refractivity contribution is -0.115. The molecule has 0 bridgehead atoms. The number of thiazole rings is 2. The third-order valence-electron chi connectivity index (χ3n) is 3.28. The second kappa shape index (κ2) is 8.00. The van der Waals surface area contributed by atoms with Gasteiger partial charge in [-0.3, -0.25) is 4.79 Å². The highest BCUT2D eigenvalue weighted by atomic mass is 32.1. The molecular weight excluding hydrogens is 358 g/mol.